The molecule has 0 fully saturated rings. The molecule has 2 aromatic carbocycles. The van der Waals surface area contributed by atoms with Crippen LogP contribution in [0.3, 0.4) is 0 Å². The standard InChI is InChI=1S/C19H18N2O/c1-2-10-20-19(22)16-8-5-7-14(11-16)17-12-15-6-3-4-9-18(15)21-13-17/h3-9,11-13H,2,10H2,1H3,(H,20,22). The maximum absolute atomic E-state index is 12.1. The van der Waals surface area contributed by atoms with Crippen molar-refractivity contribution in [2.45, 2.75) is 13.3 Å². The van der Waals surface area contributed by atoms with Gasteiger partial charge in [0.05, 0.1) is 5.52 Å². The van der Waals surface area contributed by atoms with Crippen LogP contribution >= 0.6 is 0 Å². The second-order valence-electron chi connectivity index (χ2n) is 5.25. The number of nitrogens with zero attached hydrogens (tertiary/aromatic N) is 1. The number of carbonyl (C=O) groups excluding carboxylic acids is 1. The number of benzene rings is 2. The third-order valence-electron chi connectivity index (χ3n) is 3.58. The molecule has 3 heteroatoms. The maximum Gasteiger partial charge on any atom is 0.251 e. The molecule has 1 aromatic heterocycles. The van der Waals surface area contributed by atoms with Crippen molar-refractivity contribution in [1.29, 1.82) is 0 Å². The van der Waals surface area contributed by atoms with Gasteiger partial charge in [0.1, 0.15) is 0 Å². The monoisotopic (exact) mass is 290 g/mol. The molecule has 1 heterocycles. The number of para-hydroxylation sites is 1. The van der Waals surface area contributed by atoms with E-state index in [9.17, 15) is 4.79 Å². The second-order valence-corrected chi connectivity index (χ2v) is 5.25. The minimum absolute atomic E-state index is 0.0301. The molecule has 0 atom stereocenters. The van der Waals surface area contributed by atoms with Gasteiger partial charge in [-0.1, -0.05) is 37.3 Å². The van der Waals surface area contributed by atoms with Crippen LogP contribution in [0.2, 0.25) is 0 Å². The lowest BCUT2D eigenvalue weighted by atomic mass is 10.0. The average molecular weight is 290 g/mol. The highest BCUT2D eigenvalue weighted by atomic mass is 16.1. The van der Waals surface area contributed by atoms with E-state index < -0.39 is 0 Å². The Bertz CT molecular complexity index is 811. The van der Waals surface area contributed by atoms with Crippen LogP contribution in [-0.4, -0.2) is 17.4 Å². The van der Waals surface area contributed by atoms with Crippen LogP contribution in [0.1, 0.15) is 23.7 Å². The molecule has 3 aromatic rings. The molecule has 3 rings (SSSR count). The fraction of sp³-hybridized carbons (Fsp3) is 0.158. The summed E-state index contributed by atoms with van der Waals surface area (Å²) in [4.78, 5) is 16.6. The quantitative estimate of drug-likeness (QED) is 0.788. The molecular weight excluding hydrogens is 272 g/mol. The third kappa shape index (κ3) is 2.98. The van der Waals surface area contributed by atoms with Gasteiger partial charge in [0.2, 0.25) is 0 Å². The van der Waals surface area contributed by atoms with E-state index in [1.54, 1.807) is 0 Å². The van der Waals surface area contributed by atoms with Gasteiger partial charge in [-0.3, -0.25) is 9.78 Å². The van der Waals surface area contributed by atoms with Gasteiger partial charge in [-0.2, -0.15) is 0 Å². The lowest BCUT2D eigenvalue weighted by Crippen LogP contribution is -2.23. The van der Waals surface area contributed by atoms with Crippen molar-refractivity contribution >= 4 is 16.8 Å². The van der Waals surface area contributed by atoms with E-state index in [-0.39, 0.29) is 5.91 Å². The van der Waals surface area contributed by atoms with Gasteiger partial charge in [-0.15, -0.1) is 0 Å². The van der Waals surface area contributed by atoms with Crippen LogP contribution in [-0.2, 0) is 0 Å². The van der Waals surface area contributed by atoms with Crippen molar-refractivity contribution in [3.05, 3.63) is 66.4 Å². The number of hydrogen-bond acceptors (Lipinski definition) is 2. The molecule has 0 saturated heterocycles. The predicted molar refractivity (Wildman–Crippen MR) is 89.8 cm³/mol. The zero-order valence-electron chi connectivity index (χ0n) is 12.5. The summed E-state index contributed by atoms with van der Waals surface area (Å²) in [6.45, 7) is 2.73. The van der Waals surface area contributed by atoms with Gasteiger partial charge in [0.25, 0.3) is 5.91 Å². The minimum Gasteiger partial charge on any atom is -0.352 e. The Kier molecular flexibility index (Phi) is 4.15. The lowest BCUT2D eigenvalue weighted by molar-refractivity contribution is 0.0953. The predicted octanol–water partition coefficient (Wildman–Crippen LogP) is 4.04. The highest BCUT2D eigenvalue weighted by Gasteiger charge is 2.07. The summed E-state index contributed by atoms with van der Waals surface area (Å²) in [5.74, 6) is -0.0301. The third-order valence-corrected chi connectivity index (χ3v) is 3.58. The first kappa shape index (κ1) is 14.3. The Morgan fingerprint density at radius 2 is 1.91 bits per heavy atom. The smallest absolute Gasteiger partial charge is 0.251 e. The Balaban J connectivity index is 1.94. The van der Waals surface area contributed by atoms with Crippen molar-refractivity contribution in [3.8, 4) is 11.1 Å². The van der Waals surface area contributed by atoms with Crippen molar-refractivity contribution in [2.24, 2.45) is 0 Å². The van der Waals surface area contributed by atoms with Crippen LogP contribution in [0.15, 0.2) is 60.8 Å². The normalized spacial score (nSPS) is 10.6. The molecule has 110 valence electrons. The first-order valence-electron chi connectivity index (χ1n) is 7.51. The number of hydrogen-bond donors (Lipinski definition) is 1. The van der Waals surface area contributed by atoms with Crippen LogP contribution < -0.4 is 5.32 Å². The van der Waals surface area contributed by atoms with Gasteiger partial charge in [0, 0.05) is 29.3 Å². The average Bonchev–Trinajstić information content (AvgIpc) is 2.59. The van der Waals surface area contributed by atoms with Crippen LogP contribution in [0.4, 0.5) is 0 Å². The fourth-order valence-corrected chi connectivity index (χ4v) is 2.41. The van der Waals surface area contributed by atoms with Gasteiger partial charge in [0.15, 0.2) is 0 Å². The zero-order chi connectivity index (χ0) is 15.4. The van der Waals surface area contributed by atoms with Crippen LogP contribution in [0.25, 0.3) is 22.0 Å². The number of nitrogens with one attached hydrogen (secondary N) is 1. The topological polar surface area (TPSA) is 42.0 Å². The molecule has 0 unspecified atom stereocenters. The molecule has 0 spiro atoms. The Hall–Kier alpha value is -2.68. The lowest BCUT2D eigenvalue weighted by Gasteiger charge is -2.07. The minimum atomic E-state index is -0.0301. The highest BCUT2D eigenvalue weighted by Crippen LogP contribution is 2.23. The SMILES string of the molecule is CCCNC(=O)c1cccc(-c2cnc3ccccc3c2)c1. The number of pyridine rings is 1. The molecule has 0 aliphatic rings. The Labute approximate surface area is 130 Å². The van der Waals surface area contributed by atoms with Gasteiger partial charge < -0.3 is 5.32 Å². The maximum atomic E-state index is 12.1. The molecular formula is C19H18N2O. The number of aromatic nitrogens is 1. The molecule has 1 amide bonds. The van der Waals surface area contributed by atoms with Crippen molar-refractivity contribution < 1.29 is 4.79 Å². The molecule has 0 aliphatic heterocycles. The molecule has 0 bridgehead atoms. The van der Waals surface area contributed by atoms with E-state index in [4.69, 9.17) is 0 Å². The van der Waals surface area contributed by atoms with E-state index in [0.717, 1.165) is 28.5 Å². The number of fused-ring (bicyclic) bond motifs is 1. The zero-order valence-corrected chi connectivity index (χ0v) is 12.5. The summed E-state index contributed by atoms with van der Waals surface area (Å²) in [5, 5.41) is 4.00. The molecule has 0 saturated carbocycles. The van der Waals surface area contributed by atoms with Crippen molar-refractivity contribution in [1.82, 2.24) is 10.3 Å². The van der Waals surface area contributed by atoms with E-state index in [1.165, 1.54) is 0 Å². The largest absolute Gasteiger partial charge is 0.352 e. The number of carbonyl (C=O) groups is 1. The molecule has 3 nitrogen and oxygen atoms in total. The first-order valence-corrected chi connectivity index (χ1v) is 7.51. The van der Waals surface area contributed by atoms with Crippen LogP contribution in [0, 0.1) is 0 Å². The molecule has 0 aliphatic carbocycles. The van der Waals surface area contributed by atoms with E-state index in [0.29, 0.717) is 12.1 Å². The summed E-state index contributed by atoms with van der Waals surface area (Å²) in [5.41, 5.74) is 3.67. The number of amides is 1. The van der Waals surface area contributed by atoms with Gasteiger partial charge in [-0.25, -0.2) is 0 Å². The van der Waals surface area contributed by atoms with Gasteiger partial charge >= 0.3 is 0 Å². The summed E-state index contributed by atoms with van der Waals surface area (Å²) in [6.07, 6.45) is 2.78. The Morgan fingerprint density at radius 1 is 1.05 bits per heavy atom. The second kappa shape index (κ2) is 6.39. The van der Waals surface area contributed by atoms with E-state index >= 15 is 0 Å². The van der Waals surface area contributed by atoms with Gasteiger partial charge in [-0.05, 0) is 36.2 Å². The summed E-state index contributed by atoms with van der Waals surface area (Å²) < 4.78 is 0. The van der Waals surface area contributed by atoms with E-state index in [2.05, 4.69) is 16.4 Å². The Morgan fingerprint density at radius 3 is 2.77 bits per heavy atom. The summed E-state index contributed by atoms with van der Waals surface area (Å²) >= 11 is 0. The van der Waals surface area contributed by atoms with E-state index in [1.807, 2.05) is 61.7 Å². The van der Waals surface area contributed by atoms with Crippen molar-refractivity contribution in [3.63, 3.8) is 0 Å². The van der Waals surface area contributed by atoms with Crippen molar-refractivity contribution in [2.75, 3.05) is 6.54 Å². The summed E-state index contributed by atoms with van der Waals surface area (Å²) in [6, 6.07) is 17.8. The first-order chi connectivity index (χ1) is 10.8. The molecule has 0 radical (unpaired) electrons. The highest BCUT2D eigenvalue weighted by molar-refractivity contribution is 5.95. The summed E-state index contributed by atoms with van der Waals surface area (Å²) in [7, 11) is 0. The fourth-order valence-electron chi connectivity index (χ4n) is 2.41. The molecule has 1 N–H and O–H groups in total. The molecule has 22 heavy (non-hydrogen) atoms. The van der Waals surface area contributed by atoms with Crippen LogP contribution in [0.5, 0.6) is 0 Å². The number of rotatable bonds is 4.